The van der Waals surface area contributed by atoms with Gasteiger partial charge in [-0.05, 0) is 12.0 Å². The first kappa shape index (κ1) is 9.96. The molecule has 80 valence electrons. The minimum atomic E-state index is -0.943. The molecule has 4 heteroatoms. The summed E-state index contributed by atoms with van der Waals surface area (Å²) in [6, 6.07) is 1.57. The Morgan fingerprint density at radius 3 is 3.00 bits per heavy atom. The predicted octanol–water partition coefficient (Wildman–Crippen LogP) is 1.67. The SMILES string of the molecule is CC1CC(=O)c2cc(CC(=O)O)oc2C1. The molecule has 1 aliphatic rings. The zero-order chi connectivity index (χ0) is 11.0. The quantitative estimate of drug-likeness (QED) is 0.802. The van der Waals surface area contributed by atoms with Crippen LogP contribution in [0.25, 0.3) is 0 Å². The van der Waals surface area contributed by atoms with Crippen molar-refractivity contribution >= 4 is 11.8 Å². The maximum Gasteiger partial charge on any atom is 0.311 e. The summed E-state index contributed by atoms with van der Waals surface area (Å²) >= 11 is 0. The summed E-state index contributed by atoms with van der Waals surface area (Å²) in [6.45, 7) is 1.99. The molecule has 0 bridgehead atoms. The van der Waals surface area contributed by atoms with Crippen molar-refractivity contribution in [2.45, 2.75) is 26.2 Å². The van der Waals surface area contributed by atoms with Crippen LogP contribution < -0.4 is 0 Å². The van der Waals surface area contributed by atoms with Gasteiger partial charge in [0.2, 0.25) is 0 Å². The van der Waals surface area contributed by atoms with E-state index in [1.807, 2.05) is 6.92 Å². The van der Waals surface area contributed by atoms with Gasteiger partial charge in [0.15, 0.2) is 5.78 Å². The summed E-state index contributed by atoms with van der Waals surface area (Å²) in [5.41, 5.74) is 0.573. The van der Waals surface area contributed by atoms with Crippen molar-refractivity contribution in [3.63, 3.8) is 0 Å². The number of fused-ring (bicyclic) bond motifs is 1. The average molecular weight is 208 g/mol. The summed E-state index contributed by atoms with van der Waals surface area (Å²) in [7, 11) is 0. The first-order valence-corrected chi connectivity index (χ1v) is 4.93. The van der Waals surface area contributed by atoms with Crippen molar-refractivity contribution in [1.29, 1.82) is 0 Å². The second kappa shape index (κ2) is 3.53. The van der Waals surface area contributed by atoms with Gasteiger partial charge in [-0.15, -0.1) is 0 Å². The van der Waals surface area contributed by atoms with E-state index in [1.54, 1.807) is 6.07 Å². The van der Waals surface area contributed by atoms with E-state index in [0.717, 1.165) is 6.42 Å². The number of carbonyl (C=O) groups excluding carboxylic acids is 1. The molecule has 0 aliphatic heterocycles. The van der Waals surface area contributed by atoms with Gasteiger partial charge in [0.25, 0.3) is 0 Å². The van der Waals surface area contributed by atoms with Gasteiger partial charge in [0.1, 0.15) is 17.9 Å². The van der Waals surface area contributed by atoms with Crippen molar-refractivity contribution in [3.8, 4) is 0 Å². The van der Waals surface area contributed by atoms with Crippen LogP contribution >= 0.6 is 0 Å². The molecule has 2 rings (SSSR count). The highest BCUT2D eigenvalue weighted by molar-refractivity contribution is 5.98. The highest BCUT2D eigenvalue weighted by Gasteiger charge is 2.26. The number of hydrogen-bond acceptors (Lipinski definition) is 3. The largest absolute Gasteiger partial charge is 0.481 e. The van der Waals surface area contributed by atoms with Crippen molar-refractivity contribution in [2.75, 3.05) is 0 Å². The second-order valence-corrected chi connectivity index (χ2v) is 4.06. The zero-order valence-electron chi connectivity index (χ0n) is 8.45. The Morgan fingerprint density at radius 2 is 2.33 bits per heavy atom. The van der Waals surface area contributed by atoms with E-state index in [-0.39, 0.29) is 18.1 Å². The van der Waals surface area contributed by atoms with Gasteiger partial charge in [0, 0.05) is 12.8 Å². The first-order chi connectivity index (χ1) is 7.06. The normalized spacial score (nSPS) is 20.1. The molecule has 0 saturated carbocycles. The number of carbonyl (C=O) groups is 2. The third-order valence-electron chi connectivity index (χ3n) is 2.55. The number of furan rings is 1. The molecule has 1 atom stereocenters. The molecule has 1 aliphatic carbocycles. The van der Waals surface area contributed by atoms with Crippen molar-refractivity contribution in [1.82, 2.24) is 0 Å². The fraction of sp³-hybridized carbons (Fsp3) is 0.455. The van der Waals surface area contributed by atoms with Crippen molar-refractivity contribution in [3.05, 3.63) is 23.2 Å². The molecule has 15 heavy (non-hydrogen) atoms. The fourth-order valence-electron chi connectivity index (χ4n) is 1.92. The van der Waals surface area contributed by atoms with E-state index in [0.29, 0.717) is 23.5 Å². The third-order valence-corrected chi connectivity index (χ3v) is 2.55. The third kappa shape index (κ3) is 1.93. The lowest BCUT2D eigenvalue weighted by atomic mass is 9.89. The van der Waals surface area contributed by atoms with E-state index in [9.17, 15) is 9.59 Å². The monoisotopic (exact) mass is 208 g/mol. The van der Waals surface area contributed by atoms with E-state index in [1.165, 1.54) is 0 Å². The van der Waals surface area contributed by atoms with Crippen LogP contribution in [0.5, 0.6) is 0 Å². The van der Waals surface area contributed by atoms with Crippen LogP contribution in [-0.2, 0) is 17.6 Å². The molecule has 0 saturated heterocycles. The van der Waals surface area contributed by atoms with Crippen LogP contribution in [0.4, 0.5) is 0 Å². The van der Waals surface area contributed by atoms with E-state index >= 15 is 0 Å². The Balaban J connectivity index is 2.30. The van der Waals surface area contributed by atoms with Crippen LogP contribution in [0, 0.1) is 5.92 Å². The first-order valence-electron chi connectivity index (χ1n) is 4.93. The Morgan fingerprint density at radius 1 is 1.60 bits per heavy atom. The highest BCUT2D eigenvalue weighted by Crippen LogP contribution is 2.28. The Kier molecular flexibility index (Phi) is 2.34. The topological polar surface area (TPSA) is 67.5 Å². The molecule has 0 fully saturated rings. The van der Waals surface area contributed by atoms with Crippen LogP contribution in [-0.4, -0.2) is 16.9 Å². The van der Waals surface area contributed by atoms with Gasteiger partial charge >= 0.3 is 5.97 Å². The molecule has 0 amide bonds. The molecular formula is C11H12O4. The number of rotatable bonds is 2. The lowest BCUT2D eigenvalue weighted by molar-refractivity contribution is -0.136. The molecular weight excluding hydrogens is 196 g/mol. The number of hydrogen-bond donors (Lipinski definition) is 1. The summed E-state index contributed by atoms with van der Waals surface area (Å²) in [6.07, 6.45) is 1.09. The Hall–Kier alpha value is -1.58. The number of Topliss-reactive ketones (excluding diaryl/α,β-unsaturated/α-hetero) is 1. The lowest BCUT2D eigenvalue weighted by Gasteiger charge is -2.14. The summed E-state index contributed by atoms with van der Waals surface area (Å²) < 4.78 is 5.36. The van der Waals surface area contributed by atoms with Crippen molar-refractivity contribution < 1.29 is 19.1 Å². The molecule has 0 spiro atoms. The van der Waals surface area contributed by atoms with Crippen LogP contribution in [0.15, 0.2) is 10.5 Å². The van der Waals surface area contributed by atoms with Gasteiger partial charge < -0.3 is 9.52 Å². The molecule has 1 heterocycles. The summed E-state index contributed by atoms with van der Waals surface area (Å²) in [5, 5.41) is 8.60. The van der Waals surface area contributed by atoms with E-state index < -0.39 is 5.97 Å². The van der Waals surface area contributed by atoms with Gasteiger partial charge in [0.05, 0.1) is 5.56 Å². The van der Waals surface area contributed by atoms with Crippen LogP contribution in [0.3, 0.4) is 0 Å². The molecule has 0 aromatic carbocycles. The number of carboxylic acids is 1. The van der Waals surface area contributed by atoms with Gasteiger partial charge in [-0.2, -0.15) is 0 Å². The molecule has 1 unspecified atom stereocenters. The van der Waals surface area contributed by atoms with E-state index in [2.05, 4.69) is 0 Å². The summed E-state index contributed by atoms with van der Waals surface area (Å²) in [5.74, 6) is 0.421. The molecule has 1 aromatic heterocycles. The van der Waals surface area contributed by atoms with Crippen LogP contribution in [0.1, 0.15) is 35.2 Å². The average Bonchev–Trinajstić information content (AvgIpc) is 2.45. The maximum atomic E-state index is 11.6. The van der Waals surface area contributed by atoms with Crippen molar-refractivity contribution in [2.24, 2.45) is 5.92 Å². The second-order valence-electron chi connectivity index (χ2n) is 4.06. The summed E-state index contributed by atoms with van der Waals surface area (Å²) in [4.78, 5) is 22.1. The predicted molar refractivity (Wildman–Crippen MR) is 51.9 cm³/mol. The van der Waals surface area contributed by atoms with Crippen LogP contribution in [0.2, 0.25) is 0 Å². The Bertz CT molecular complexity index is 416. The fourth-order valence-corrected chi connectivity index (χ4v) is 1.92. The molecule has 1 aromatic rings. The maximum absolute atomic E-state index is 11.6. The van der Waals surface area contributed by atoms with Gasteiger partial charge in [-0.3, -0.25) is 9.59 Å². The number of ketones is 1. The van der Waals surface area contributed by atoms with Gasteiger partial charge in [-0.1, -0.05) is 6.92 Å². The smallest absolute Gasteiger partial charge is 0.311 e. The van der Waals surface area contributed by atoms with Gasteiger partial charge in [-0.25, -0.2) is 0 Å². The minimum Gasteiger partial charge on any atom is -0.481 e. The van der Waals surface area contributed by atoms with E-state index in [4.69, 9.17) is 9.52 Å². The molecule has 4 nitrogen and oxygen atoms in total. The zero-order valence-corrected chi connectivity index (χ0v) is 8.45. The highest BCUT2D eigenvalue weighted by atomic mass is 16.4. The standard InChI is InChI=1S/C11H12O4/c1-6-2-9(12)8-4-7(5-11(13)14)15-10(8)3-6/h4,6H,2-3,5H2,1H3,(H,13,14). The lowest BCUT2D eigenvalue weighted by Crippen LogP contribution is -2.15. The minimum absolute atomic E-state index is 0.0594. The number of carboxylic acid groups (broad SMARTS) is 1. The molecule has 1 N–H and O–H groups in total. The Labute approximate surface area is 86.9 Å². The molecule has 0 radical (unpaired) electrons. The number of aliphatic carboxylic acids is 1.